The van der Waals surface area contributed by atoms with Gasteiger partial charge in [0.05, 0.1) is 0 Å². The number of hydrogen-bond acceptors (Lipinski definition) is 4. The number of nitrogens with one attached hydrogen (secondary N) is 1. The topological polar surface area (TPSA) is 67.5 Å². The number of hydrogen-bond donors (Lipinski definition) is 2. The minimum Gasteiger partial charge on any atom is -0.333 e. The van der Waals surface area contributed by atoms with Crippen molar-refractivity contribution >= 4 is 11.5 Å². The van der Waals surface area contributed by atoms with E-state index >= 15 is 0 Å². The number of Topliss-reactive ketones (excluding diaryl/α,β-unsaturated/α-hetero) is 1. The van der Waals surface area contributed by atoms with Crippen molar-refractivity contribution in [2.24, 2.45) is 10.7 Å². The van der Waals surface area contributed by atoms with Crippen LogP contribution in [0.5, 0.6) is 0 Å². The molecule has 4 heteroatoms. The molecule has 0 radical (unpaired) electrons. The van der Waals surface area contributed by atoms with E-state index in [0.29, 0.717) is 6.04 Å². The molecule has 3 N–H and O–H groups in total. The van der Waals surface area contributed by atoms with E-state index in [1.54, 1.807) is 7.05 Å². The minimum atomic E-state index is 0.167. The maximum atomic E-state index is 9.44. The van der Waals surface area contributed by atoms with E-state index in [0.717, 1.165) is 5.71 Å². The Hall–Kier alpha value is -0.740. The van der Waals surface area contributed by atoms with Crippen LogP contribution in [0.15, 0.2) is 4.99 Å². The zero-order valence-electron chi connectivity index (χ0n) is 12.5. The third-order valence-electron chi connectivity index (χ3n) is 1.02. The van der Waals surface area contributed by atoms with E-state index in [-0.39, 0.29) is 5.78 Å². The average Bonchev–Trinajstić information content (AvgIpc) is 2.20. The smallest absolute Gasteiger partial charge is 0.126 e. The average molecular weight is 233 g/mol. The Balaban J connectivity index is -0.0000000629. The molecule has 4 nitrogen and oxygen atoms in total. The molecule has 0 heterocycles. The van der Waals surface area contributed by atoms with Crippen LogP contribution in [0.1, 0.15) is 41.5 Å². The first-order chi connectivity index (χ1) is 7.27. The summed E-state index contributed by atoms with van der Waals surface area (Å²) in [6, 6.07) is 0.634. The molecule has 0 saturated heterocycles. The van der Waals surface area contributed by atoms with Gasteiger partial charge in [-0.3, -0.25) is 4.99 Å². The number of ketones is 1. The molecule has 100 valence electrons. The van der Waals surface area contributed by atoms with E-state index in [9.17, 15) is 4.79 Å². The van der Waals surface area contributed by atoms with Crippen LogP contribution < -0.4 is 11.1 Å². The highest BCUT2D eigenvalue weighted by atomic mass is 16.1. The highest BCUT2D eigenvalue weighted by Crippen LogP contribution is 1.66. The van der Waals surface area contributed by atoms with Gasteiger partial charge in [-0.25, -0.2) is 0 Å². The van der Waals surface area contributed by atoms with Gasteiger partial charge < -0.3 is 15.8 Å². The van der Waals surface area contributed by atoms with Crippen molar-refractivity contribution in [2.75, 3.05) is 21.1 Å². The van der Waals surface area contributed by atoms with Crippen LogP contribution in [0.4, 0.5) is 0 Å². The van der Waals surface area contributed by atoms with Gasteiger partial charge in [0, 0.05) is 18.8 Å². The summed E-state index contributed by atoms with van der Waals surface area (Å²) in [5, 5.41) is 3.03. The van der Waals surface area contributed by atoms with Crippen LogP contribution in [0.25, 0.3) is 0 Å². The van der Waals surface area contributed by atoms with Crippen molar-refractivity contribution in [3.63, 3.8) is 0 Å². The van der Waals surface area contributed by atoms with E-state index in [2.05, 4.69) is 29.9 Å². The summed E-state index contributed by atoms with van der Waals surface area (Å²) in [4.78, 5) is 13.2. The van der Waals surface area contributed by atoms with Crippen molar-refractivity contribution < 1.29 is 4.79 Å². The molecular formula is C12H31N3O. The summed E-state index contributed by atoms with van der Waals surface area (Å²) in [6.45, 7) is 11.2. The zero-order chi connectivity index (χ0) is 14.1. The summed E-state index contributed by atoms with van der Waals surface area (Å²) in [6.07, 6.45) is 0. The molecule has 0 aliphatic carbocycles. The van der Waals surface area contributed by atoms with Crippen LogP contribution in [-0.4, -0.2) is 38.7 Å². The first-order valence-corrected chi connectivity index (χ1v) is 5.40. The van der Waals surface area contributed by atoms with E-state index in [1.807, 2.05) is 20.9 Å². The lowest BCUT2D eigenvalue weighted by Gasteiger charge is -1.95. The van der Waals surface area contributed by atoms with Gasteiger partial charge in [-0.15, -0.1) is 0 Å². The second-order valence-electron chi connectivity index (χ2n) is 3.52. The van der Waals surface area contributed by atoms with Crippen molar-refractivity contribution in [3.8, 4) is 0 Å². The second kappa shape index (κ2) is 23.8. The highest BCUT2D eigenvalue weighted by molar-refractivity contribution is 5.78. The third-order valence-corrected chi connectivity index (χ3v) is 1.02. The minimum absolute atomic E-state index is 0.167. The van der Waals surface area contributed by atoms with Gasteiger partial charge in [-0.1, -0.05) is 13.8 Å². The lowest BCUT2D eigenvalue weighted by molar-refractivity contribution is -0.114. The van der Waals surface area contributed by atoms with E-state index < -0.39 is 0 Å². The number of aliphatic imine (C=N–C) groups is 1. The largest absolute Gasteiger partial charge is 0.333 e. The van der Waals surface area contributed by atoms with Gasteiger partial charge in [0.2, 0.25) is 0 Å². The van der Waals surface area contributed by atoms with Crippen molar-refractivity contribution in [3.05, 3.63) is 0 Å². The molecule has 0 fully saturated rings. The molecule has 0 aliphatic rings. The van der Waals surface area contributed by atoms with Gasteiger partial charge in [0.25, 0.3) is 0 Å². The molecule has 0 spiro atoms. The molecule has 0 aromatic carbocycles. The molecule has 0 atom stereocenters. The van der Waals surface area contributed by atoms with E-state index in [1.165, 1.54) is 20.9 Å². The highest BCUT2D eigenvalue weighted by Gasteiger charge is 1.76. The molecular weight excluding hydrogens is 202 g/mol. The third kappa shape index (κ3) is 188. The van der Waals surface area contributed by atoms with Crippen LogP contribution in [0.3, 0.4) is 0 Å². The monoisotopic (exact) mass is 233 g/mol. The molecule has 0 saturated carbocycles. The van der Waals surface area contributed by atoms with Gasteiger partial charge in [-0.2, -0.15) is 0 Å². The molecule has 0 rings (SSSR count). The van der Waals surface area contributed by atoms with Crippen LogP contribution in [0.2, 0.25) is 0 Å². The van der Waals surface area contributed by atoms with Crippen LogP contribution >= 0.6 is 0 Å². The summed E-state index contributed by atoms with van der Waals surface area (Å²) in [5.41, 5.74) is 5.63. The molecule has 0 aromatic rings. The zero-order valence-corrected chi connectivity index (χ0v) is 12.5. The van der Waals surface area contributed by atoms with E-state index in [4.69, 9.17) is 0 Å². The van der Waals surface area contributed by atoms with Crippen LogP contribution in [-0.2, 0) is 4.79 Å². The Kier molecular flexibility index (Phi) is 36.4. The Morgan fingerprint density at radius 3 is 1.25 bits per heavy atom. The predicted molar refractivity (Wildman–Crippen MR) is 75.4 cm³/mol. The fourth-order valence-electron chi connectivity index (χ4n) is 0. The Morgan fingerprint density at radius 1 is 1.12 bits per heavy atom. The fraction of sp³-hybridized carbons (Fsp3) is 0.833. The standard InChI is InChI=1S/C4H11N.C4H9N.C3H6O.CH5N/c2*1-4(2)5-3;1-3(2)4;1-2/h4-5H,1-3H3;1-3H3;1-2H3;2H2,1H3. The number of rotatable bonds is 1. The maximum Gasteiger partial charge on any atom is 0.126 e. The second-order valence-corrected chi connectivity index (χ2v) is 3.52. The Morgan fingerprint density at radius 2 is 1.25 bits per heavy atom. The Bertz CT molecular complexity index is 146. The fourth-order valence-corrected chi connectivity index (χ4v) is 0. The number of nitrogens with zero attached hydrogens (tertiary/aromatic N) is 1. The molecule has 0 bridgehead atoms. The SMILES string of the molecule is CC(C)=O.CN.CN=C(C)C.CNC(C)C. The number of carbonyl (C=O) groups excluding carboxylic acids is 1. The van der Waals surface area contributed by atoms with Crippen LogP contribution in [0, 0.1) is 0 Å². The lowest BCUT2D eigenvalue weighted by atomic mass is 10.4. The first kappa shape index (κ1) is 24.5. The lowest BCUT2D eigenvalue weighted by Crippen LogP contribution is -2.15. The first-order valence-electron chi connectivity index (χ1n) is 5.40. The summed E-state index contributed by atoms with van der Waals surface area (Å²) in [5.74, 6) is 0.167. The predicted octanol–water partition coefficient (Wildman–Crippen LogP) is 1.88. The van der Waals surface area contributed by atoms with Crippen molar-refractivity contribution in [1.29, 1.82) is 0 Å². The quantitative estimate of drug-likeness (QED) is 0.680. The van der Waals surface area contributed by atoms with Gasteiger partial charge >= 0.3 is 0 Å². The summed E-state index contributed by atoms with van der Waals surface area (Å²) >= 11 is 0. The molecule has 0 aromatic heterocycles. The summed E-state index contributed by atoms with van der Waals surface area (Å²) < 4.78 is 0. The van der Waals surface area contributed by atoms with Gasteiger partial charge in [0.1, 0.15) is 5.78 Å². The molecule has 16 heavy (non-hydrogen) atoms. The van der Waals surface area contributed by atoms with Gasteiger partial charge in [0.15, 0.2) is 0 Å². The normalized spacial score (nSPS) is 7.19. The molecule has 0 aliphatic heterocycles. The molecule has 0 unspecified atom stereocenters. The van der Waals surface area contributed by atoms with Gasteiger partial charge in [-0.05, 0) is 41.8 Å². The Labute approximate surface area is 102 Å². The molecule has 0 amide bonds. The summed E-state index contributed by atoms with van der Waals surface area (Å²) in [7, 11) is 5.24. The number of nitrogens with two attached hydrogens (primary N) is 1. The van der Waals surface area contributed by atoms with Crippen molar-refractivity contribution in [2.45, 2.75) is 47.6 Å². The maximum absolute atomic E-state index is 9.44. The number of carbonyl (C=O) groups is 1. The van der Waals surface area contributed by atoms with Crippen molar-refractivity contribution in [1.82, 2.24) is 5.32 Å².